The number of nitrogens with one attached hydrogen (secondary N) is 2. The van der Waals surface area contributed by atoms with Crippen molar-refractivity contribution in [3.63, 3.8) is 0 Å². The summed E-state index contributed by atoms with van der Waals surface area (Å²) in [6.45, 7) is 3.00. The summed E-state index contributed by atoms with van der Waals surface area (Å²) in [4.78, 5) is 4.16. The van der Waals surface area contributed by atoms with E-state index in [1.165, 1.54) is 0 Å². The van der Waals surface area contributed by atoms with Crippen molar-refractivity contribution in [1.29, 1.82) is 0 Å². The molecule has 0 amide bonds. The predicted octanol–water partition coefficient (Wildman–Crippen LogP) is 0.0573. The number of hydrogen-bond donors (Lipinski definition) is 2. The molecule has 0 saturated carbocycles. The summed E-state index contributed by atoms with van der Waals surface area (Å²) in [5.41, 5.74) is 0.828. The number of nitrogens with zero attached hydrogens (tertiary/aromatic N) is 4. The summed E-state index contributed by atoms with van der Waals surface area (Å²) < 4.78 is 12.2. The van der Waals surface area contributed by atoms with Gasteiger partial charge in [0.05, 0.1) is 26.4 Å². The summed E-state index contributed by atoms with van der Waals surface area (Å²) in [5.74, 6) is 1.53. The van der Waals surface area contributed by atoms with Gasteiger partial charge < -0.3 is 20.1 Å². The molecule has 0 bridgehead atoms. The Hall–Kier alpha value is -2.19. The number of methoxy groups -OCH3 is 1. The van der Waals surface area contributed by atoms with Crippen LogP contribution in [0.5, 0.6) is 0 Å². The van der Waals surface area contributed by atoms with E-state index in [-0.39, 0.29) is 0 Å². The molecule has 0 radical (unpaired) electrons. The first kappa shape index (κ1) is 16.2. The van der Waals surface area contributed by atoms with Crippen molar-refractivity contribution in [1.82, 2.24) is 25.2 Å². The Morgan fingerprint density at radius 1 is 1.23 bits per heavy atom. The second kappa shape index (κ2) is 8.96. The third-order valence-electron chi connectivity index (χ3n) is 2.99. The number of ether oxygens (including phenoxy) is 2. The fourth-order valence-corrected chi connectivity index (χ4v) is 1.88. The second-order valence-corrected chi connectivity index (χ2v) is 4.50. The zero-order valence-electron chi connectivity index (χ0n) is 13.0. The van der Waals surface area contributed by atoms with Crippen LogP contribution in [-0.4, -0.2) is 61.1 Å². The molecular weight excluding hydrogens is 284 g/mol. The molecule has 0 fully saturated rings. The quantitative estimate of drug-likeness (QED) is 0.407. The Morgan fingerprint density at radius 2 is 2.14 bits per heavy atom. The minimum Gasteiger partial charge on any atom is -0.382 e. The standard InChI is InChI=1S/C14H22N6O2/c1-15-14(16-6-8-22-10-9-21-2)17-11-13-19-18-12-5-3-4-7-20(12)13/h3-5,7H,6,8-11H2,1-2H3,(H2,15,16,17). The molecule has 0 atom stereocenters. The van der Waals surface area contributed by atoms with E-state index in [0.717, 1.165) is 11.5 Å². The van der Waals surface area contributed by atoms with E-state index in [9.17, 15) is 0 Å². The van der Waals surface area contributed by atoms with Crippen molar-refractivity contribution >= 4 is 11.6 Å². The molecule has 0 aliphatic carbocycles. The van der Waals surface area contributed by atoms with Crippen LogP contribution in [0.1, 0.15) is 5.82 Å². The number of hydrogen-bond acceptors (Lipinski definition) is 5. The van der Waals surface area contributed by atoms with E-state index in [1.807, 2.05) is 28.8 Å². The zero-order valence-corrected chi connectivity index (χ0v) is 13.0. The van der Waals surface area contributed by atoms with Crippen molar-refractivity contribution in [3.05, 3.63) is 30.2 Å². The van der Waals surface area contributed by atoms with Gasteiger partial charge in [0.25, 0.3) is 0 Å². The van der Waals surface area contributed by atoms with Crippen molar-refractivity contribution in [2.24, 2.45) is 4.99 Å². The van der Waals surface area contributed by atoms with Crippen molar-refractivity contribution in [2.75, 3.05) is 40.5 Å². The first-order chi connectivity index (χ1) is 10.8. The maximum atomic E-state index is 5.38. The molecule has 0 aliphatic rings. The van der Waals surface area contributed by atoms with Gasteiger partial charge in [-0.05, 0) is 12.1 Å². The topological polar surface area (TPSA) is 85.1 Å². The van der Waals surface area contributed by atoms with Gasteiger partial charge in [-0.25, -0.2) is 0 Å². The van der Waals surface area contributed by atoms with Gasteiger partial charge >= 0.3 is 0 Å². The van der Waals surface area contributed by atoms with Gasteiger partial charge in [0.15, 0.2) is 17.4 Å². The Labute approximate surface area is 129 Å². The molecule has 2 rings (SSSR count). The molecule has 2 aromatic rings. The van der Waals surface area contributed by atoms with Gasteiger partial charge in [-0.3, -0.25) is 9.39 Å². The van der Waals surface area contributed by atoms with Gasteiger partial charge in [-0.1, -0.05) is 6.07 Å². The number of guanidine groups is 1. The normalized spacial score (nSPS) is 11.8. The van der Waals surface area contributed by atoms with E-state index in [4.69, 9.17) is 9.47 Å². The molecule has 0 unspecified atom stereocenters. The summed E-state index contributed by atoms with van der Waals surface area (Å²) in [5, 5.41) is 14.6. The van der Waals surface area contributed by atoms with Gasteiger partial charge in [0, 0.05) is 26.9 Å². The molecule has 0 aliphatic heterocycles. The first-order valence-electron chi connectivity index (χ1n) is 7.15. The fraction of sp³-hybridized carbons (Fsp3) is 0.500. The highest BCUT2D eigenvalue weighted by molar-refractivity contribution is 5.79. The number of fused-ring (bicyclic) bond motifs is 1. The third-order valence-corrected chi connectivity index (χ3v) is 2.99. The summed E-state index contributed by atoms with van der Waals surface area (Å²) in [6, 6.07) is 5.80. The number of rotatable bonds is 8. The SMILES string of the molecule is CN=C(NCCOCCOC)NCc1nnc2ccccn12. The van der Waals surface area contributed by atoms with Gasteiger partial charge in [-0.2, -0.15) is 0 Å². The maximum absolute atomic E-state index is 5.38. The lowest BCUT2D eigenvalue weighted by molar-refractivity contribution is 0.0733. The minimum atomic E-state index is 0.537. The third kappa shape index (κ3) is 4.68. The fourth-order valence-electron chi connectivity index (χ4n) is 1.88. The van der Waals surface area contributed by atoms with Crippen molar-refractivity contribution in [3.8, 4) is 0 Å². The van der Waals surface area contributed by atoms with E-state index in [0.29, 0.717) is 38.9 Å². The number of pyridine rings is 1. The monoisotopic (exact) mass is 306 g/mol. The smallest absolute Gasteiger partial charge is 0.191 e. The first-order valence-corrected chi connectivity index (χ1v) is 7.15. The maximum Gasteiger partial charge on any atom is 0.191 e. The molecule has 0 aromatic carbocycles. The molecule has 0 spiro atoms. The molecule has 8 heteroatoms. The van der Waals surface area contributed by atoms with Crippen molar-refractivity contribution < 1.29 is 9.47 Å². The average molecular weight is 306 g/mol. The van der Waals surface area contributed by atoms with Crippen LogP contribution in [0.25, 0.3) is 5.65 Å². The molecule has 2 aromatic heterocycles. The Balaban J connectivity index is 1.74. The number of aliphatic imine (C=N–C) groups is 1. The van der Waals surface area contributed by atoms with Crippen LogP contribution in [0, 0.1) is 0 Å². The van der Waals surface area contributed by atoms with Crippen LogP contribution in [0.3, 0.4) is 0 Å². The van der Waals surface area contributed by atoms with Crippen LogP contribution in [0.4, 0.5) is 0 Å². The lowest BCUT2D eigenvalue weighted by Gasteiger charge is -2.11. The highest BCUT2D eigenvalue weighted by atomic mass is 16.5. The number of aromatic nitrogens is 3. The molecule has 0 saturated heterocycles. The molecule has 2 heterocycles. The van der Waals surface area contributed by atoms with E-state index in [1.54, 1.807) is 14.2 Å². The summed E-state index contributed by atoms with van der Waals surface area (Å²) in [7, 11) is 3.38. The molecule has 120 valence electrons. The van der Waals surface area contributed by atoms with Crippen LogP contribution in [-0.2, 0) is 16.0 Å². The molecule has 8 nitrogen and oxygen atoms in total. The van der Waals surface area contributed by atoms with Gasteiger partial charge in [0.1, 0.15) is 0 Å². The summed E-state index contributed by atoms with van der Waals surface area (Å²) >= 11 is 0. The van der Waals surface area contributed by atoms with Crippen molar-refractivity contribution in [2.45, 2.75) is 6.54 Å². The Bertz CT molecular complexity index is 598. The van der Waals surface area contributed by atoms with Crippen LogP contribution in [0.2, 0.25) is 0 Å². The van der Waals surface area contributed by atoms with Crippen LogP contribution >= 0.6 is 0 Å². The lowest BCUT2D eigenvalue weighted by atomic mass is 10.4. The van der Waals surface area contributed by atoms with E-state index >= 15 is 0 Å². The van der Waals surface area contributed by atoms with E-state index in [2.05, 4.69) is 25.8 Å². The molecule has 22 heavy (non-hydrogen) atoms. The zero-order chi connectivity index (χ0) is 15.6. The minimum absolute atomic E-state index is 0.537. The average Bonchev–Trinajstić information content (AvgIpc) is 2.97. The van der Waals surface area contributed by atoms with E-state index < -0.39 is 0 Å². The highest BCUT2D eigenvalue weighted by Crippen LogP contribution is 2.01. The second-order valence-electron chi connectivity index (χ2n) is 4.50. The Kier molecular flexibility index (Phi) is 6.59. The lowest BCUT2D eigenvalue weighted by Crippen LogP contribution is -2.39. The molecular formula is C14H22N6O2. The van der Waals surface area contributed by atoms with Crippen LogP contribution < -0.4 is 10.6 Å². The largest absolute Gasteiger partial charge is 0.382 e. The van der Waals surface area contributed by atoms with Gasteiger partial charge in [0.2, 0.25) is 0 Å². The summed E-state index contributed by atoms with van der Waals surface area (Å²) in [6.07, 6.45) is 1.94. The van der Waals surface area contributed by atoms with Crippen LogP contribution in [0.15, 0.2) is 29.4 Å². The Morgan fingerprint density at radius 3 is 2.95 bits per heavy atom. The highest BCUT2D eigenvalue weighted by Gasteiger charge is 2.05. The predicted molar refractivity (Wildman–Crippen MR) is 83.9 cm³/mol. The molecule has 2 N–H and O–H groups in total. The van der Waals surface area contributed by atoms with Gasteiger partial charge in [-0.15, -0.1) is 10.2 Å².